The lowest BCUT2D eigenvalue weighted by atomic mass is 10.0. The topological polar surface area (TPSA) is 75.1 Å². The molecule has 1 rings (SSSR count). The monoisotopic (exact) mass is 215 g/mol. The van der Waals surface area contributed by atoms with Crippen molar-refractivity contribution in [3.05, 3.63) is 11.1 Å². The lowest BCUT2D eigenvalue weighted by Crippen LogP contribution is -2.46. The molecule has 0 fully saturated rings. The molecule has 0 aromatic carbocycles. The molecule has 0 bridgehead atoms. The van der Waals surface area contributed by atoms with E-state index in [1.165, 1.54) is 6.20 Å². The van der Waals surface area contributed by atoms with Crippen LogP contribution in [-0.4, -0.2) is 32.2 Å². The molecule has 14 heavy (non-hydrogen) atoms. The van der Waals surface area contributed by atoms with Gasteiger partial charge in [-0.25, -0.2) is 0 Å². The van der Waals surface area contributed by atoms with Gasteiger partial charge in [-0.1, -0.05) is 4.49 Å². The Morgan fingerprint density at radius 3 is 2.79 bits per heavy atom. The van der Waals surface area contributed by atoms with Crippen LogP contribution in [0, 0.1) is 0 Å². The van der Waals surface area contributed by atoms with Gasteiger partial charge >= 0.3 is 0 Å². The van der Waals surface area contributed by atoms with Gasteiger partial charge in [-0.15, -0.1) is 5.10 Å². The van der Waals surface area contributed by atoms with E-state index in [-0.39, 0.29) is 11.9 Å². The zero-order valence-electron chi connectivity index (χ0n) is 8.31. The molecule has 0 spiro atoms. The molecule has 1 aromatic rings. The zero-order valence-corrected chi connectivity index (χ0v) is 9.13. The fourth-order valence-corrected chi connectivity index (χ4v) is 1.13. The van der Waals surface area contributed by atoms with Gasteiger partial charge in [0.25, 0.3) is 5.91 Å². The van der Waals surface area contributed by atoms with E-state index in [1.807, 2.05) is 0 Å². The summed E-state index contributed by atoms with van der Waals surface area (Å²) in [6.07, 6.45) is 1.40. The molecule has 0 aliphatic heterocycles. The van der Waals surface area contributed by atoms with E-state index in [0.29, 0.717) is 4.88 Å². The molecule has 0 radical (unpaired) electrons. The summed E-state index contributed by atoms with van der Waals surface area (Å²) < 4.78 is 3.58. The Bertz CT molecular complexity index is 305. The van der Waals surface area contributed by atoms with Crippen LogP contribution >= 0.6 is 11.5 Å². The van der Waals surface area contributed by atoms with Crippen LogP contribution < -0.4 is 5.32 Å². The maximum atomic E-state index is 11.5. The maximum absolute atomic E-state index is 11.5. The van der Waals surface area contributed by atoms with Crippen molar-refractivity contribution in [2.75, 3.05) is 0 Å². The van der Waals surface area contributed by atoms with Crippen LogP contribution in [0.2, 0.25) is 0 Å². The van der Waals surface area contributed by atoms with E-state index in [2.05, 4.69) is 14.9 Å². The standard InChI is InChI=1S/C8H13N3O2S/c1-5(8(2,3)13)10-7(12)6-4-9-11-14-6/h4-5,13H,1-3H3,(H,10,12). The Hall–Kier alpha value is -1.01. The van der Waals surface area contributed by atoms with Gasteiger partial charge in [0.15, 0.2) is 0 Å². The van der Waals surface area contributed by atoms with Crippen molar-refractivity contribution in [1.82, 2.24) is 14.9 Å². The van der Waals surface area contributed by atoms with Gasteiger partial charge < -0.3 is 10.4 Å². The minimum absolute atomic E-state index is 0.255. The summed E-state index contributed by atoms with van der Waals surface area (Å²) in [6, 6.07) is -0.322. The maximum Gasteiger partial charge on any atom is 0.264 e. The number of carbonyl (C=O) groups excluding carboxylic acids is 1. The van der Waals surface area contributed by atoms with Crippen molar-refractivity contribution in [2.24, 2.45) is 0 Å². The Morgan fingerprint density at radius 1 is 1.71 bits per heavy atom. The summed E-state index contributed by atoms with van der Waals surface area (Å²) in [5.74, 6) is -0.255. The van der Waals surface area contributed by atoms with Crippen LogP contribution in [0.3, 0.4) is 0 Å². The Labute approximate surface area is 86.3 Å². The van der Waals surface area contributed by atoms with E-state index in [9.17, 15) is 9.90 Å². The van der Waals surface area contributed by atoms with E-state index in [1.54, 1.807) is 20.8 Å². The van der Waals surface area contributed by atoms with Gasteiger partial charge in [-0.05, 0) is 32.3 Å². The van der Waals surface area contributed by atoms with Crippen LogP contribution in [-0.2, 0) is 0 Å². The Morgan fingerprint density at radius 2 is 2.36 bits per heavy atom. The van der Waals surface area contributed by atoms with E-state index < -0.39 is 5.60 Å². The molecule has 2 N–H and O–H groups in total. The van der Waals surface area contributed by atoms with Crippen molar-refractivity contribution in [3.63, 3.8) is 0 Å². The van der Waals surface area contributed by atoms with E-state index >= 15 is 0 Å². The van der Waals surface area contributed by atoms with Gasteiger partial charge in [0, 0.05) is 0 Å². The summed E-state index contributed by atoms with van der Waals surface area (Å²) in [6.45, 7) is 5.03. The highest BCUT2D eigenvalue weighted by molar-refractivity contribution is 7.07. The molecule has 1 aromatic heterocycles. The van der Waals surface area contributed by atoms with Crippen molar-refractivity contribution < 1.29 is 9.90 Å². The third-order valence-electron chi connectivity index (χ3n) is 1.99. The number of hydrogen-bond acceptors (Lipinski definition) is 5. The average Bonchev–Trinajstić information content (AvgIpc) is 2.53. The molecule has 1 unspecified atom stereocenters. The molecule has 0 aliphatic rings. The number of hydrogen-bond donors (Lipinski definition) is 2. The quantitative estimate of drug-likeness (QED) is 0.766. The van der Waals surface area contributed by atoms with Crippen molar-refractivity contribution in [2.45, 2.75) is 32.4 Å². The molecular weight excluding hydrogens is 202 g/mol. The summed E-state index contributed by atoms with van der Waals surface area (Å²) in [7, 11) is 0. The Kier molecular flexibility index (Phi) is 3.17. The zero-order chi connectivity index (χ0) is 10.8. The second-order valence-electron chi connectivity index (χ2n) is 3.63. The fourth-order valence-electron chi connectivity index (χ4n) is 0.712. The van der Waals surface area contributed by atoms with Crippen LogP contribution in [0.5, 0.6) is 0 Å². The molecule has 1 amide bonds. The molecule has 1 heterocycles. The third-order valence-corrected chi connectivity index (χ3v) is 2.66. The lowest BCUT2D eigenvalue weighted by Gasteiger charge is -2.26. The molecule has 6 heteroatoms. The first-order chi connectivity index (χ1) is 6.41. The van der Waals surface area contributed by atoms with Crippen LogP contribution in [0.15, 0.2) is 6.20 Å². The highest BCUT2D eigenvalue weighted by Gasteiger charge is 2.24. The van der Waals surface area contributed by atoms with Crippen LogP contribution in [0.1, 0.15) is 30.4 Å². The van der Waals surface area contributed by atoms with E-state index in [0.717, 1.165) is 11.5 Å². The highest BCUT2D eigenvalue weighted by atomic mass is 32.1. The summed E-state index contributed by atoms with van der Waals surface area (Å²) in [4.78, 5) is 11.9. The second-order valence-corrected chi connectivity index (χ2v) is 4.42. The summed E-state index contributed by atoms with van der Waals surface area (Å²) in [5, 5.41) is 15.8. The highest BCUT2D eigenvalue weighted by Crippen LogP contribution is 2.09. The van der Waals surface area contributed by atoms with Crippen molar-refractivity contribution in [3.8, 4) is 0 Å². The van der Waals surface area contributed by atoms with E-state index in [4.69, 9.17) is 0 Å². The molecule has 0 saturated carbocycles. The molecule has 5 nitrogen and oxygen atoms in total. The fraction of sp³-hybridized carbons (Fsp3) is 0.625. The molecule has 1 atom stereocenters. The third kappa shape index (κ3) is 2.74. The molecular formula is C8H13N3O2S. The van der Waals surface area contributed by atoms with Crippen molar-refractivity contribution >= 4 is 17.4 Å². The number of nitrogens with zero attached hydrogens (tertiary/aromatic N) is 2. The second kappa shape index (κ2) is 4.02. The van der Waals surface area contributed by atoms with Crippen LogP contribution in [0.25, 0.3) is 0 Å². The minimum Gasteiger partial charge on any atom is -0.388 e. The summed E-state index contributed by atoms with van der Waals surface area (Å²) in [5.41, 5.74) is -0.937. The Balaban J connectivity index is 2.58. The first-order valence-corrected chi connectivity index (χ1v) is 4.99. The number of carbonyl (C=O) groups is 1. The normalized spacial score (nSPS) is 13.7. The van der Waals surface area contributed by atoms with Gasteiger partial charge in [0.05, 0.1) is 17.8 Å². The first kappa shape index (κ1) is 11.1. The SMILES string of the molecule is CC(NC(=O)c1cnns1)C(C)(C)O. The van der Waals surface area contributed by atoms with Crippen LogP contribution in [0.4, 0.5) is 0 Å². The van der Waals surface area contributed by atoms with Gasteiger partial charge in [0.1, 0.15) is 4.88 Å². The first-order valence-electron chi connectivity index (χ1n) is 4.22. The predicted octanol–water partition coefficient (Wildman–Crippen LogP) is 0.427. The number of amides is 1. The van der Waals surface area contributed by atoms with Crippen molar-refractivity contribution in [1.29, 1.82) is 0 Å². The summed E-state index contributed by atoms with van der Waals surface area (Å²) >= 11 is 1.03. The number of aromatic nitrogens is 2. The molecule has 0 aliphatic carbocycles. The largest absolute Gasteiger partial charge is 0.388 e. The number of rotatable bonds is 3. The lowest BCUT2D eigenvalue weighted by molar-refractivity contribution is 0.0410. The molecule has 78 valence electrons. The number of aliphatic hydroxyl groups is 1. The average molecular weight is 215 g/mol. The van der Waals surface area contributed by atoms with Gasteiger partial charge in [-0.2, -0.15) is 0 Å². The van der Waals surface area contributed by atoms with Gasteiger partial charge in [0.2, 0.25) is 0 Å². The predicted molar refractivity (Wildman–Crippen MR) is 53.1 cm³/mol. The van der Waals surface area contributed by atoms with Gasteiger partial charge in [-0.3, -0.25) is 4.79 Å². The smallest absolute Gasteiger partial charge is 0.264 e. The molecule has 0 saturated heterocycles. The minimum atomic E-state index is -0.937. The number of nitrogens with one attached hydrogen (secondary N) is 1.